The second-order valence-electron chi connectivity index (χ2n) is 2.75. The molecule has 2 amide bonds. The van der Waals surface area contributed by atoms with Crippen LogP contribution in [0.2, 0.25) is 0 Å². The van der Waals surface area contributed by atoms with Gasteiger partial charge in [0.1, 0.15) is 5.75 Å². The Bertz CT molecular complexity index is 355. The molecule has 14 heavy (non-hydrogen) atoms. The molecule has 5 heteroatoms. The van der Waals surface area contributed by atoms with Gasteiger partial charge in [0.25, 0.3) is 0 Å². The molecular weight excluding hydrogens is 200 g/mol. The molecule has 76 valence electrons. The summed E-state index contributed by atoms with van der Waals surface area (Å²) in [5.74, 6) is 0.691. The normalized spacial score (nSPS) is 9.64. The van der Waals surface area contributed by atoms with Crippen LogP contribution in [0.4, 0.5) is 10.5 Å². The lowest BCUT2D eigenvalue weighted by Gasteiger charge is -2.16. The minimum absolute atomic E-state index is 0.523. The van der Waals surface area contributed by atoms with E-state index in [2.05, 4.69) is 12.6 Å². The van der Waals surface area contributed by atoms with Crippen LogP contribution >= 0.6 is 12.6 Å². The van der Waals surface area contributed by atoms with E-state index in [0.29, 0.717) is 16.3 Å². The fourth-order valence-corrected chi connectivity index (χ4v) is 1.38. The van der Waals surface area contributed by atoms with E-state index in [1.165, 1.54) is 4.90 Å². The van der Waals surface area contributed by atoms with Crippen molar-refractivity contribution in [2.75, 3.05) is 19.1 Å². The highest BCUT2D eigenvalue weighted by Gasteiger charge is 2.09. The molecule has 4 nitrogen and oxygen atoms in total. The number of primary amides is 1. The highest BCUT2D eigenvalue weighted by molar-refractivity contribution is 7.80. The van der Waals surface area contributed by atoms with Crippen molar-refractivity contribution in [2.45, 2.75) is 4.90 Å². The molecule has 0 radical (unpaired) electrons. The van der Waals surface area contributed by atoms with Crippen LogP contribution in [0.15, 0.2) is 23.1 Å². The Morgan fingerprint density at radius 2 is 2.21 bits per heavy atom. The highest BCUT2D eigenvalue weighted by atomic mass is 32.1. The summed E-state index contributed by atoms with van der Waals surface area (Å²) < 4.78 is 5.01. The van der Waals surface area contributed by atoms with Crippen molar-refractivity contribution in [3.63, 3.8) is 0 Å². The number of nitrogens with two attached hydrogens (primary N) is 1. The molecule has 0 aromatic heterocycles. The molecule has 0 atom stereocenters. The van der Waals surface area contributed by atoms with E-state index in [-0.39, 0.29) is 0 Å². The lowest BCUT2D eigenvalue weighted by atomic mass is 10.3. The lowest BCUT2D eigenvalue weighted by Crippen LogP contribution is -2.31. The van der Waals surface area contributed by atoms with Crippen LogP contribution in [0.25, 0.3) is 0 Å². The Balaban J connectivity index is 3.05. The predicted molar refractivity (Wildman–Crippen MR) is 58.2 cm³/mol. The number of hydrogen-bond acceptors (Lipinski definition) is 3. The molecular formula is C9H12N2O2S. The van der Waals surface area contributed by atoms with E-state index in [9.17, 15) is 4.79 Å². The largest absolute Gasteiger partial charge is 0.497 e. The number of carbonyl (C=O) groups excluding carboxylic acids is 1. The van der Waals surface area contributed by atoms with Gasteiger partial charge in [-0.05, 0) is 18.2 Å². The molecule has 0 spiro atoms. The Hall–Kier alpha value is -1.36. The zero-order valence-corrected chi connectivity index (χ0v) is 8.91. The van der Waals surface area contributed by atoms with Gasteiger partial charge in [0.15, 0.2) is 0 Å². The Morgan fingerprint density at radius 3 is 2.64 bits per heavy atom. The third kappa shape index (κ3) is 2.11. The van der Waals surface area contributed by atoms with E-state index in [1.54, 1.807) is 32.4 Å². The summed E-state index contributed by atoms with van der Waals surface area (Å²) in [4.78, 5) is 12.9. The van der Waals surface area contributed by atoms with Crippen LogP contribution in [0.1, 0.15) is 0 Å². The highest BCUT2D eigenvalue weighted by Crippen LogP contribution is 2.27. The summed E-state index contributed by atoms with van der Waals surface area (Å²) in [6, 6.07) is 4.67. The zero-order chi connectivity index (χ0) is 10.7. The molecule has 0 aliphatic rings. The summed E-state index contributed by atoms with van der Waals surface area (Å²) in [6.45, 7) is 0. The number of urea groups is 1. The second kappa shape index (κ2) is 4.23. The van der Waals surface area contributed by atoms with Crippen LogP contribution in [0.3, 0.4) is 0 Å². The van der Waals surface area contributed by atoms with E-state index in [0.717, 1.165) is 0 Å². The predicted octanol–water partition coefficient (Wildman–Crippen LogP) is 1.50. The maximum atomic E-state index is 10.9. The van der Waals surface area contributed by atoms with Crippen LogP contribution in [0.5, 0.6) is 5.75 Å². The van der Waals surface area contributed by atoms with Crippen molar-refractivity contribution in [2.24, 2.45) is 5.73 Å². The standard InChI is InChI=1S/C9H12N2O2S/c1-11(9(10)12)7-4-3-6(13-2)5-8(7)14/h3-5,14H,1-2H3,(H2,10,12). The number of anilines is 1. The molecule has 1 aromatic rings. The topological polar surface area (TPSA) is 55.6 Å². The summed E-state index contributed by atoms with van der Waals surface area (Å²) in [6.07, 6.45) is 0. The molecule has 0 saturated heterocycles. The van der Waals surface area contributed by atoms with Gasteiger partial charge in [-0.2, -0.15) is 0 Å². The van der Waals surface area contributed by atoms with Gasteiger partial charge >= 0.3 is 6.03 Å². The molecule has 0 bridgehead atoms. The van der Waals surface area contributed by atoms with Crippen molar-refractivity contribution in [3.05, 3.63) is 18.2 Å². The van der Waals surface area contributed by atoms with Crippen molar-refractivity contribution in [1.29, 1.82) is 0 Å². The monoisotopic (exact) mass is 212 g/mol. The summed E-state index contributed by atoms with van der Waals surface area (Å²) in [5.41, 5.74) is 5.78. The van der Waals surface area contributed by atoms with Crippen molar-refractivity contribution in [1.82, 2.24) is 0 Å². The Labute approximate surface area is 88.1 Å². The average Bonchev–Trinajstić information content (AvgIpc) is 2.16. The SMILES string of the molecule is COc1ccc(N(C)C(N)=O)c(S)c1. The molecule has 0 aliphatic carbocycles. The molecule has 0 fully saturated rings. The number of nitrogens with zero attached hydrogens (tertiary/aromatic N) is 1. The van der Waals surface area contributed by atoms with E-state index >= 15 is 0 Å². The van der Waals surface area contributed by atoms with Crippen molar-refractivity contribution >= 4 is 24.3 Å². The fourth-order valence-electron chi connectivity index (χ4n) is 1.03. The molecule has 1 aromatic carbocycles. The van der Waals surface area contributed by atoms with Gasteiger partial charge in [0.2, 0.25) is 0 Å². The van der Waals surface area contributed by atoms with Gasteiger partial charge in [-0.25, -0.2) is 4.79 Å². The fraction of sp³-hybridized carbons (Fsp3) is 0.222. The quantitative estimate of drug-likeness (QED) is 0.730. The van der Waals surface area contributed by atoms with Gasteiger partial charge in [-0.1, -0.05) is 0 Å². The van der Waals surface area contributed by atoms with Gasteiger partial charge in [0.05, 0.1) is 12.8 Å². The molecule has 0 saturated carbocycles. The van der Waals surface area contributed by atoms with Crippen LogP contribution in [-0.4, -0.2) is 20.2 Å². The molecule has 0 heterocycles. The first-order valence-corrected chi connectivity index (χ1v) is 4.41. The van der Waals surface area contributed by atoms with E-state index < -0.39 is 6.03 Å². The minimum atomic E-state index is -0.523. The first-order chi connectivity index (χ1) is 6.56. The molecule has 0 unspecified atom stereocenters. The van der Waals surface area contributed by atoms with Crippen LogP contribution in [0, 0.1) is 0 Å². The summed E-state index contributed by atoms with van der Waals surface area (Å²) in [5, 5.41) is 0. The maximum Gasteiger partial charge on any atom is 0.319 e. The smallest absolute Gasteiger partial charge is 0.319 e. The number of methoxy groups -OCH3 is 1. The van der Waals surface area contributed by atoms with E-state index in [1.807, 2.05) is 0 Å². The second-order valence-corrected chi connectivity index (χ2v) is 3.23. The van der Waals surface area contributed by atoms with Gasteiger partial charge < -0.3 is 10.5 Å². The zero-order valence-electron chi connectivity index (χ0n) is 8.02. The molecule has 2 N–H and O–H groups in total. The first-order valence-electron chi connectivity index (χ1n) is 3.96. The third-order valence-corrected chi connectivity index (χ3v) is 2.23. The minimum Gasteiger partial charge on any atom is -0.497 e. The Morgan fingerprint density at radius 1 is 1.57 bits per heavy atom. The number of rotatable bonds is 2. The Kier molecular flexibility index (Phi) is 3.24. The third-order valence-electron chi connectivity index (χ3n) is 1.87. The van der Waals surface area contributed by atoms with Gasteiger partial charge in [-0.15, -0.1) is 12.6 Å². The molecule has 0 aliphatic heterocycles. The first kappa shape index (κ1) is 10.7. The lowest BCUT2D eigenvalue weighted by molar-refractivity contribution is 0.255. The number of ether oxygens (including phenoxy) is 1. The number of hydrogen-bond donors (Lipinski definition) is 2. The maximum absolute atomic E-state index is 10.9. The summed E-state index contributed by atoms with van der Waals surface area (Å²) in [7, 11) is 3.16. The summed E-state index contributed by atoms with van der Waals surface area (Å²) >= 11 is 4.23. The average molecular weight is 212 g/mol. The number of thiol groups is 1. The van der Waals surface area contributed by atoms with Gasteiger partial charge in [-0.3, -0.25) is 4.90 Å². The van der Waals surface area contributed by atoms with E-state index in [4.69, 9.17) is 10.5 Å². The van der Waals surface area contributed by atoms with Gasteiger partial charge in [0, 0.05) is 11.9 Å². The molecule has 1 rings (SSSR count). The number of benzene rings is 1. The number of amides is 2. The van der Waals surface area contributed by atoms with Crippen molar-refractivity contribution in [3.8, 4) is 5.75 Å². The van der Waals surface area contributed by atoms with Crippen molar-refractivity contribution < 1.29 is 9.53 Å². The van der Waals surface area contributed by atoms with Crippen LogP contribution < -0.4 is 15.4 Å². The van der Waals surface area contributed by atoms with Crippen LogP contribution in [-0.2, 0) is 0 Å². The number of carbonyl (C=O) groups is 1.